The smallest absolute Gasteiger partial charge is 0.335 e. The Morgan fingerprint density at radius 1 is 0.974 bits per heavy atom. The highest BCUT2D eigenvalue weighted by molar-refractivity contribution is 7.52. The first kappa shape index (κ1) is 34.9. The maximum absolute atomic E-state index is 12.6. The van der Waals surface area contributed by atoms with Crippen LogP contribution in [0, 0.1) is 0 Å². The van der Waals surface area contributed by atoms with Crippen LogP contribution in [0.15, 0.2) is 0 Å². The fourth-order valence-corrected chi connectivity index (χ4v) is 5.60. The van der Waals surface area contributed by atoms with Crippen LogP contribution in [0.1, 0.15) is 78.1 Å². The van der Waals surface area contributed by atoms with Gasteiger partial charge in [0.25, 0.3) is 0 Å². The molecule has 0 saturated carbocycles. The second kappa shape index (κ2) is 19.0. The average Bonchev–Trinajstić information content (AvgIpc) is 3.09. The first-order valence-electron chi connectivity index (χ1n) is 13.8. The van der Waals surface area contributed by atoms with Gasteiger partial charge in [-0.25, -0.2) is 4.79 Å². The SMILES string of the molecule is CCCCCCCCCCCCOC(COP(=O)(O)CCN1[C@H](CO)[C@@H](O)[C@H](O)[C@H]1CNC(C)=O)C(=O)O. The predicted molar refractivity (Wildman–Crippen MR) is 142 cm³/mol. The number of carboxylic acid groups (broad SMARTS) is 1. The lowest BCUT2D eigenvalue weighted by Crippen LogP contribution is -2.48. The van der Waals surface area contributed by atoms with Crippen molar-refractivity contribution in [1.82, 2.24) is 10.2 Å². The van der Waals surface area contributed by atoms with Crippen molar-refractivity contribution >= 4 is 19.5 Å². The maximum atomic E-state index is 12.6. The van der Waals surface area contributed by atoms with Crippen molar-refractivity contribution in [2.45, 2.75) is 108 Å². The van der Waals surface area contributed by atoms with Crippen molar-refractivity contribution in [2.75, 3.05) is 39.1 Å². The van der Waals surface area contributed by atoms with E-state index in [4.69, 9.17) is 9.26 Å². The Balaban J connectivity index is 2.42. The number of amides is 1. The number of nitrogens with one attached hydrogen (secondary N) is 1. The molecule has 38 heavy (non-hydrogen) atoms. The minimum absolute atomic E-state index is 0.0332. The summed E-state index contributed by atoms with van der Waals surface area (Å²) >= 11 is 0. The highest BCUT2D eigenvalue weighted by Gasteiger charge is 2.47. The van der Waals surface area contributed by atoms with Gasteiger partial charge in [0.05, 0.1) is 43.7 Å². The van der Waals surface area contributed by atoms with Gasteiger partial charge in [-0.15, -0.1) is 0 Å². The summed E-state index contributed by atoms with van der Waals surface area (Å²) in [5.74, 6) is -1.65. The zero-order valence-electron chi connectivity index (χ0n) is 22.9. The van der Waals surface area contributed by atoms with E-state index in [9.17, 15) is 39.5 Å². The van der Waals surface area contributed by atoms with E-state index in [0.29, 0.717) is 6.42 Å². The minimum atomic E-state index is -4.26. The minimum Gasteiger partial charge on any atom is -0.479 e. The molecule has 13 heteroatoms. The highest BCUT2D eigenvalue weighted by Crippen LogP contribution is 2.42. The van der Waals surface area contributed by atoms with Gasteiger partial charge in [0.1, 0.15) is 0 Å². The van der Waals surface area contributed by atoms with E-state index in [1.165, 1.54) is 50.3 Å². The Bertz CT molecular complexity index is 728. The quantitative estimate of drug-likeness (QED) is 0.0821. The Morgan fingerprint density at radius 2 is 1.53 bits per heavy atom. The zero-order chi connectivity index (χ0) is 28.6. The number of carbonyl (C=O) groups excluding carboxylic acids is 1. The number of ether oxygens (including phenoxy) is 1. The van der Waals surface area contributed by atoms with Crippen LogP contribution in [-0.4, -0.2) is 112 Å². The number of aliphatic hydroxyl groups excluding tert-OH is 3. The topological polar surface area (TPSA) is 186 Å². The van der Waals surface area contributed by atoms with Crippen molar-refractivity contribution in [1.29, 1.82) is 0 Å². The van der Waals surface area contributed by atoms with Gasteiger partial charge in [-0.1, -0.05) is 64.7 Å². The number of aliphatic hydroxyl groups is 3. The lowest BCUT2D eigenvalue weighted by Gasteiger charge is -2.30. The summed E-state index contributed by atoms with van der Waals surface area (Å²) in [6.07, 6.45) is 6.89. The van der Waals surface area contributed by atoms with Crippen molar-refractivity contribution in [3.05, 3.63) is 0 Å². The van der Waals surface area contributed by atoms with E-state index >= 15 is 0 Å². The van der Waals surface area contributed by atoms with Crippen LogP contribution in [0.25, 0.3) is 0 Å². The Labute approximate surface area is 226 Å². The standard InChI is InChI=1S/C25H49N2O10P/c1-3-4-5-6-7-8-9-10-11-12-14-36-22(25(32)33)18-37-38(34,35)15-13-27-20(16-26-19(2)29)23(30)24(31)21(27)17-28/h20-24,28,30-31H,3-18H2,1-2H3,(H,26,29)(H,32,33)(H,34,35)/t20-,21-,22?,23-,24-/m1/s1. The molecule has 1 saturated heterocycles. The monoisotopic (exact) mass is 568 g/mol. The third kappa shape index (κ3) is 13.3. The summed E-state index contributed by atoms with van der Waals surface area (Å²) in [4.78, 5) is 34.5. The molecule has 1 aliphatic rings. The summed E-state index contributed by atoms with van der Waals surface area (Å²) in [5.41, 5.74) is 0. The number of hydrogen-bond donors (Lipinski definition) is 6. The van der Waals surface area contributed by atoms with Gasteiger partial charge in [0.2, 0.25) is 5.91 Å². The number of rotatable bonds is 22. The van der Waals surface area contributed by atoms with Gasteiger partial charge in [-0.3, -0.25) is 14.3 Å². The molecule has 0 aromatic heterocycles. The summed E-state index contributed by atoms with van der Waals surface area (Å²) in [6.45, 7) is 2.40. The Morgan fingerprint density at radius 3 is 2.05 bits per heavy atom. The normalized spacial score (nSPS) is 24.3. The summed E-state index contributed by atoms with van der Waals surface area (Å²) in [5, 5.41) is 42.1. The average molecular weight is 569 g/mol. The Kier molecular flexibility index (Phi) is 17.5. The molecule has 0 aromatic carbocycles. The first-order chi connectivity index (χ1) is 18.0. The summed E-state index contributed by atoms with van der Waals surface area (Å²) < 4.78 is 23.0. The van der Waals surface area contributed by atoms with Crippen LogP contribution in [0.5, 0.6) is 0 Å². The molecule has 1 fully saturated rings. The van der Waals surface area contributed by atoms with Crippen molar-refractivity contribution in [3.63, 3.8) is 0 Å². The molecule has 1 aliphatic heterocycles. The number of carboxylic acids is 1. The molecule has 0 aromatic rings. The fourth-order valence-electron chi connectivity index (χ4n) is 4.62. The molecule has 12 nitrogen and oxygen atoms in total. The third-order valence-corrected chi connectivity index (χ3v) is 8.22. The van der Waals surface area contributed by atoms with Crippen molar-refractivity contribution in [2.24, 2.45) is 0 Å². The summed E-state index contributed by atoms with van der Waals surface area (Å²) in [6, 6.07) is -1.69. The maximum Gasteiger partial charge on any atom is 0.335 e. The fraction of sp³-hybridized carbons (Fsp3) is 0.920. The van der Waals surface area contributed by atoms with Crippen LogP contribution < -0.4 is 5.32 Å². The van der Waals surface area contributed by atoms with E-state index in [1.54, 1.807) is 0 Å². The van der Waals surface area contributed by atoms with E-state index in [1.807, 2.05) is 0 Å². The zero-order valence-corrected chi connectivity index (χ0v) is 23.8. The van der Waals surface area contributed by atoms with Gasteiger partial charge < -0.3 is 39.9 Å². The molecular formula is C25H49N2O10P. The number of hydrogen-bond acceptors (Lipinski definition) is 9. The first-order valence-corrected chi connectivity index (χ1v) is 15.6. The number of aliphatic carboxylic acids is 1. The van der Waals surface area contributed by atoms with Gasteiger partial charge in [-0.2, -0.15) is 0 Å². The highest BCUT2D eigenvalue weighted by atomic mass is 31.2. The number of carbonyl (C=O) groups is 2. The number of nitrogens with zero attached hydrogens (tertiary/aromatic N) is 1. The van der Waals surface area contributed by atoms with E-state index < -0.39 is 63.3 Å². The van der Waals surface area contributed by atoms with Gasteiger partial charge in [-0.05, 0) is 6.42 Å². The van der Waals surface area contributed by atoms with Gasteiger partial charge in [0, 0.05) is 26.6 Å². The summed E-state index contributed by atoms with van der Waals surface area (Å²) in [7, 11) is -4.26. The van der Waals surface area contributed by atoms with Crippen molar-refractivity contribution < 1.29 is 48.7 Å². The molecular weight excluding hydrogens is 519 g/mol. The molecule has 224 valence electrons. The lowest BCUT2D eigenvalue weighted by molar-refractivity contribution is -0.152. The molecule has 1 amide bonds. The largest absolute Gasteiger partial charge is 0.479 e. The van der Waals surface area contributed by atoms with Crippen molar-refractivity contribution in [3.8, 4) is 0 Å². The molecule has 0 aliphatic carbocycles. The second-order valence-corrected chi connectivity index (χ2v) is 12.0. The molecule has 6 atom stereocenters. The van der Waals surface area contributed by atoms with E-state index in [2.05, 4.69) is 12.2 Å². The molecule has 0 bridgehead atoms. The number of unbranched alkanes of at least 4 members (excludes halogenated alkanes) is 9. The van der Waals surface area contributed by atoms with Crippen LogP contribution in [0.4, 0.5) is 0 Å². The predicted octanol–water partition coefficient (Wildman–Crippen LogP) is 1.48. The molecule has 2 unspecified atom stereocenters. The van der Waals surface area contributed by atoms with Gasteiger partial charge in [0.15, 0.2) is 6.10 Å². The lowest BCUT2D eigenvalue weighted by atomic mass is 10.1. The molecule has 1 heterocycles. The van der Waals surface area contributed by atoms with E-state index in [0.717, 1.165) is 19.3 Å². The van der Waals surface area contributed by atoms with Crippen LogP contribution in [0.3, 0.4) is 0 Å². The molecule has 0 spiro atoms. The molecule has 0 radical (unpaired) electrons. The molecule has 1 rings (SSSR count). The van der Waals surface area contributed by atoms with Crippen LogP contribution in [0.2, 0.25) is 0 Å². The van der Waals surface area contributed by atoms with Crippen LogP contribution >= 0.6 is 7.60 Å². The Hall–Kier alpha value is -1.11. The number of likely N-dealkylation sites (tertiary alicyclic amines) is 1. The molecule has 6 N–H and O–H groups in total. The van der Waals surface area contributed by atoms with E-state index in [-0.39, 0.29) is 25.6 Å². The van der Waals surface area contributed by atoms with Crippen LogP contribution in [-0.2, 0) is 23.4 Å². The third-order valence-electron chi connectivity index (χ3n) is 6.90. The second-order valence-electron chi connectivity index (χ2n) is 10.0. The van der Waals surface area contributed by atoms with Gasteiger partial charge >= 0.3 is 13.6 Å².